The molecule has 4 aromatic rings. The Morgan fingerprint density at radius 3 is 2.29 bits per heavy atom. The molecule has 1 saturated carbocycles. The van der Waals surface area contributed by atoms with Gasteiger partial charge in [0.2, 0.25) is 21.9 Å². The molecule has 10 nitrogen and oxygen atoms in total. The van der Waals surface area contributed by atoms with Crippen molar-refractivity contribution in [3.05, 3.63) is 123 Å². The first-order valence-electron chi connectivity index (χ1n) is 17.0. The van der Waals surface area contributed by atoms with E-state index >= 15 is 0 Å². The van der Waals surface area contributed by atoms with Crippen LogP contribution >= 0.6 is 11.3 Å². The lowest BCUT2D eigenvalue weighted by molar-refractivity contribution is -0.123. The molecule has 1 fully saturated rings. The molecule has 3 aromatic carbocycles. The minimum absolute atomic E-state index is 0.0252. The lowest BCUT2D eigenvalue weighted by Gasteiger charge is -2.39. The van der Waals surface area contributed by atoms with Crippen molar-refractivity contribution in [3.8, 4) is 0 Å². The number of amides is 2. The maximum Gasteiger partial charge on any atom is 0.407 e. The number of aliphatic hydroxyl groups is 1. The van der Waals surface area contributed by atoms with E-state index in [4.69, 9.17) is 9.47 Å². The SMILES string of the molecule is COC(=O)N[C@H](C(=O)NCc1ccc([C@@H](CO)N(CC2CC(F)(F)C2)S(=O)(=O)c2ccc3c(c2)CCOC3)s1)C(c1ccccc1)c1ccccc1. The van der Waals surface area contributed by atoms with Crippen LogP contribution in [0.4, 0.5) is 13.6 Å². The first-order chi connectivity index (χ1) is 25.0. The van der Waals surface area contributed by atoms with E-state index in [-0.39, 0.29) is 18.0 Å². The number of hydrogen-bond donors (Lipinski definition) is 3. The lowest BCUT2D eigenvalue weighted by Crippen LogP contribution is -2.50. The van der Waals surface area contributed by atoms with Crippen molar-refractivity contribution in [2.45, 2.75) is 61.2 Å². The molecule has 3 N–H and O–H groups in total. The molecule has 1 aromatic heterocycles. The van der Waals surface area contributed by atoms with Gasteiger partial charge in [0.25, 0.3) is 0 Å². The van der Waals surface area contributed by atoms with Crippen LogP contribution in [0.1, 0.15) is 56.8 Å². The largest absolute Gasteiger partial charge is 0.453 e. The van der Waals surface area contributed by atoms with E-state index in [0.29, 0.717) is 29.4 Å². The summed E-state index contributed by atoms with van der Waals surface area (Å²) in [6, 6.07) is 24.7. The highest BCUT2D eigenvalue weighted by Crippen LogP contribution is 2.45. The quantitative estimate of drug-likeness (QED) is 0.149. The minimum Gasteiger partial charge on any atom is -0.453 e. The van der Waals surface area contributed by atoms with Crippen LogP contribution in [0.25, 0.3) is 0 Å². The summed E-state index contributed by atoms with van der Waals surface area (Å²) in [5.74, 6) is -4.47. The number of alkyl halides is 2. The third-order valence-electron chi connectivity index (χ3n) is 9.53. The predicted molar refractivity (Wildman–Crippen MR) is 191 cm³/mol. The Labute approximate surface area is 305 Å². The van der Waals surface area contributed by atoms with Crippen LogP contribution in [-0.4, -0.2) is 68.7 Å². The molecule has 2 atom stereocenters. The Kier molecular flexibility index (Phi) is 11.7. The molecule has 0 saturated heterocycles. The fourth-order valence-corrected chi connectivity index (χ4v) is 9.71. The lowest BCUT2D eigenvalue weighted by atomic mass is 9.81. The van der Waals surface area contributed by atoms with Crippen molar-refractivity contribution in [1.82, 2.24) is 14.9 Å². The first kappa shape index (κ1) is 37.5. The number of benzene rings is 3. The van der Waals surface area contributed by atoms with Crippen molar-refractivity contribution in [3.63, 3.8) is 0 Å². The number of thiophene rings is 1. The van der Waals surface area contributed by atoms with Gasteiger partial charge in [0.05, 0.1) is 44.4 Å². The third-order valence-corrected chi connectivity index (χ3v) is 12.6. The van der Waals surface area contributed by atoms with Crippen LogP contribution in [0.3, 0.4) is 0 Å². The van der Waals surface area contributed by atoms with Gasteiger partial charge < -0.3 is 25.2 Å². The summed E-state index contributed by atoms with van der Waals surface area (Å²) in [6.45, 7) is 0.0987. The summed E-state index contributed by atoms with van der Waals surface area (Å²) in [6.07, 6.45) is -1.11. The van der Waals surface area contributed by atoms with Crippen LogP contribution in [-0.2, 0) is 43.9 Å². The van der Waals surface area contributed by atoms with E-state index in [1.165, 1.54) is 24.5 Å². The molecule has 276 valence electrons. The molecule has 2 amide bonds. The number of nitrogens with zero attached hydrogens (tertiary/aromatic N) is 1. The van der Waals surface area contributed by atoms with Gasteiger partial charge in [-0.15, -0.1) is 11.3 Å². The first-order valence-corrected chi connectivity index (χ1v) is 19.3. The van der Waals surface area contributed by atoms with Gasteiger partial charge in [0, 0.05) is 35.1 Å². The maximum absolute atomic E-state index is 14.2. The van der Waals surface area contributed by atoms with Crippen LogP contribution in [0.15, 0.2) is 95.9 Å². The van der Waals surface area contributed by atoms with Crippen LogP contribution in [0.2, 0.25) is 0 Å². The highest BCUT2D eigenvalue weighted by atomic mass is 32.2. The summed E-state index contributed by atoms with van der Waals surface area (Å²) >= 11 is 1.20. The van der Waals surface area contributed by atoms with Crippen LogP contribution < -0.4 is 10.6 Å². The molecule has 0 bridgehead atoms. The number of hydrogen-bond acceptors (Lipinski definition) is 8. The van der Waals surface area contributed by atoms with Crippen molar-refractivity contribution >= 4 is 33.4 Å². The number of ether oxygens (including phenoxy) is 2. The zero-order valence-corrected chi connectivity index (χ0v) is 30.2. The minimum atomic E-state index is -4.23. The molecular weight excluding hydrogens is 713 g/mol. The van der Waals surface area contributed by atoms with Gasteiger partial charge in [-0.05, 0) is 58.9 Å². The Bertz CT molecular complexity index is 1910. The number of alkyl carbamates (subject to hydrolysis) is 1. The summed E-state index contributed by atoms with van der Waals surface area (Å²) < 4.78 is 67.8. The number of methoxy groups -OCH3 is 1. The summed E-state index contributed by atoms with van der Waals surface area (Å²) in [4.78, 5) is 27.6. The number of carbonyl (C=O) groups excluding carboxylic acids is 2. The second kappa shape index (κ2) is 16.2. The topological polar surface area (TPSA) is 134 Å². The van der Waals surface area contributed by atoms with Crippen molar-refractivity contribution in [2.24, 2.45) is 5.92 Å². The zero-order valence-electron chi connectivity index (χ0n) is 28.5. The summed E-state index contributed by atoms with van der Waals surface area (Å²) in [5, 5.41) is 16.3. The molecule has 2 heterocycles. The van der Waals surface area contributed by atoms with Gasteiger partial charge in [0.1, 0.15) is 6.04 Å². The van der Waals surface area contributed by atoms with E-state index in [1.54, 1.807) is 24.3 Å². The highest BCUT2D eigenvalue weighted by molar-refractivity contribution is 7.89. The van der Waals surface area contributed by atoms with E-state index in [1.807, 2.05) is 60.7 Å². The van der Waals surface area contributed by atoms with Gasteiger partial charge in [-0.2, -0.15) is 4.31 Å². The monoisotopic (exact) mass is 753 g/mol. The fraction of sp³-hybridized carbons (Fsp3) is 0.368. The molecule has 1 aliphatic carbocycles. The zero-order chi connectivity index (χ0) is 36.9. The third kappa shape index (κ3) is 8.53. The molecule has 2 aliphatic rings. The van der Waals surface area contributed by atoms with Crippen molar-refractivity contribution < 1.29 is 41.4 Å². The Balaban J connectivity index is 1.24. The number of sulfonamides is 1. The van der Waals surface area contributed by atoms with E-state index < -0.39 is 71.3 Å². The molecule has 1 aliphatic heterocycles. The van der Waals surface area contributed by atoms with E-state index in [2.05, 4.69) is 10.6 Å². The van der Waals surface area contributed by atoms with Gasteiger partial charge in [-0.1, -0.05) is 66.7 Å². The summed E-state index contributed by atoms with van der Waals surface area (Å²) in [5.41, 5.74) is 3.33. The average Bonchev–Trinajstić information content (AvgIpc) is 3.62. The van der Waals surface area contributed by atoms with Gasteiger partial charge in [-0.25, -0.2) is 22.0 Å². The normalized spacial score (nSPS) is 16.8. The van der Waals surface area contributed by atoms with Gasteiger partial charge in [-0.3, -0.25) is 4.79 Å². The van der Waals surface area contributed by atoms with Gasteiger partial charge >= 0.3 is 6.09 Å². The standard InChI is InChI=1S/C38H41F2N3O7S2/c1-49-37(46)42-35(34(26-8-4-2-5-9-26)27-10-6-3-7-11-27)36(45)41-21-30-13-15-33(51-30)32(23-44)43(22-25-19-38(39,40)20-25)52(47,48)31-14-12-29-24-50-17-16-28(29)18-31/h2-15,18,25,32,34-35,44H,16-17,19-24H2,1H3,(H,41,45)(H,42,46)/t32-,35+/m1/s1. The molecule has 0 unspecified atom stereocenters. The van der Waals surface area contributed by atoms with Crippen molar-refractivity contribution in [2.75, 3.05) is 26.9 Å². The second-order valence-corrected chi connectivity index (χ2v) is 16.2. The van der Waals surface area contributed by atoms with Crippen LogP contribution in [0.5, 0.6) is 0 Å². The maximum atomic E-state index is 14.2. The number of carbonyl (C=O) groups is 2. The molecular formula is C38H41F2N3O7S2. The van der Waals surface area contributed by atoms with Crippen molar-refractivity contribution in [1.29, 1.82) is 0 Å². The number of rotatable bonds is 14. The Morgan fingerprint density at radius 2 is 1.67 bits per heavy atom. The van der Waals surface area contributed by atoms with E-state index in [9.17, 15) is 31.9 Å². The highest BCUT2D eigenvalue weighted by Gasteiger charge is 2.48. The van der Waals surface area contributed by atoms with Crippen LogP contribution in [0, 0.1) is 5.92 Å². The molecule has 52 heavy (non-hydrogen) atoms. The smallest absolute Gasteiger partial charge is 0.407 e. The average molecular weight is 754 g/mol. The fourth-order valence-electron chi connectivity index (χ4n) is 6.86. The molecule has 6 rings (SSSR count). The van der Waals surface area contributed by atoms with E-state index in [0.717, 1.165) is 26.6 Å². The predicted octanol–water partition coefficient (Wildman–Crippen LogP) is 5.76. The molecule has 0 radical (unpaired) electrons. The Morgan fingerprint density at radius 1 is 1.00 bits per heavy atom. The number of nitrogens with one attached hydrogen (secondary N) is 2. The van der Waals surface area contributed by atoms with Gasteiger partial charge in [0.15, 0.2) is 0 Å². The number of fused-ring (bicyclic) bond motifs is 1. The number of halogens is 2. The number of aliphatic hydroxyl groups excluding tert-OH is 1. The molecule has 14 heteroatoms. The molecule has 0 spiro atoms. The Hall–Kier alpha value is -4.21. The summed E-state index contributed by atoms with van der Waals surface area (Å²) in [7, 11) is -3.02. The second-order valence-electron chi connectivity index (χ2n) is 13.1.